The molecule has 0 aliphatic carbocycles. The number of carbonyl (C=O) groups excluding carboxylic acids is 1. The van der Waals surface area contributed by atoms with Crippen molar-refractivity contribution < 1.29 is 4.79 Å². The van der Waals surface area contributed by atoms with Gasteiger partial charge in [-0.05, 0) is 38.0 Å². The maximum absolute atomic E-state index is 11.1. The molecule has 3 heteroatoms. The van der Waals surface area contributed by atoms with Crippen molar-refractivity contribution >= 4 is 11.5 Å². The maximum atomic E-state index is 11.1. The number of benzene rings is 1. The fraction of sp³-hybridized carbons (Fsp3) is 0.533. The van der Waals surface area contributed by atoms with Crippen LogP contribution in [0.25, 0.3) is 0 Å². The van der Waals surface area contributed by atoms with Crippen LogP contribution in [-0.2, 0) is 4.79 Å². The molecular weight excluding hydrogens is 224 g/mol. The van der Waals surface area contributed by atoms with E-state index in [0.29, 0.717) is 6.54 Å². The molecule has 0 radical (unpaired) electrons. The lowest BCUT2D eigenvalue weighted by Crippen LogP contribution is -2.47. The first kappa shape index (κ1) is 13.1. The molecule has 1 saturated heterocycles. The first-order chi connectivity index (χ1) is 8.58. The van der Waals surface area contributed by atoms with Crippen molar-refractivity contribution in [2.75, 3.05) is 37.6 Å². The van der Waals surface area contributed by atoms with Gasteiger partial charge in [0.2, 0.25) is 0 Å². The van der Waals surface area contributed by atoms with E-state index in [9.17, 15) is 4.79 Å². The number of rotatable bonds is 3. The summed E-state index contributed by atoms with van der Waals surface area (Å²) in [4.78, 5) is 15.8. The van der Waals surface area contributed by atoms with Crippen LogP contribution in [0.1, 0.15) is 18.1 Å². The third-order valence-corrected chi connectivity index (χ3v) is 3.74. The summed E-state index contributed by atoms with van der Waals surface area (Å²) in [5.74, 6) is 0.259. The van der Waals surface area contributed by atoms with Crippen LogP contribution in [-0.4, -0.2) is 43.4 Å². The lowest BCUT2D eigenvalue weighted by Gasteiger charge is -2.36. The molecule has 1 heterocycles. The number of carbonyl (C=O) groups is 1. The molecule has 18 heavy (non-hydrogen) atoms. The molecule has 0 unspecified atom stereocenters. The molecule has 0 saturated carbocycles. The van der Waals surface area contributed by atoms with Gasteiger partial charge < -0.3 is 4.90 Å². The van der Waals surface area contributed by atoms with E-state index in [-0.39, 0.29) is 5.78 Å². The van der Waals surface area contributed by atoms with E-state index in [1.807, 2.05) is 0 Å². The molecule has 1 aromatic carbocycles. The normalized spacial score (nSPS) is 16.9. The van der Waals surface area contributed by atoms with Gasteiger partial charge >= 0.3 is 0 Å². The Morgan fingerprint density at radius 3 is 2.44 bits per heavy atom. The Hall–Kier alpha value is -1.35. The summed E-state index contributed by atoms with van der Waals surface area (Å²) in [6, 6.07) is 6.48. The van der Waals surface area contributed by atoms with E-state index in [1.54, 1.807) is 6.92 Å². The van der Waals surface area contributed by atoms with Gasteiger partial charge in [-0.25, -0.2) is 0 Å². The van der Waals surface area contributed by atoms with Gasteiger partial charge in [-0.2, -0.15) is 0 Å². The Bertz CT molecular complexity index is 434. The Kier molecular flexibility index (Phi) is 4.02. The number of Topliss-reactive ketones (excluding diaryl/α,β-unsaturated/α-hetero) is 1. The molecule has 1 aromatic rings. The number of ketones is 1. The third kappa shape index (κ3) is 2.91. The van der Waals surface area contributed by atoms with Crippen LogP contribution in [0.15, 0.2) is 18.2 Å². The van der Waals surface area contributed by atoms with E-state index in [4.69, 9.17) is 0 Å². The molecule has 0 spiro atoms. The zero-order chi connectivity index (χ0) is 13.1. The average molecular weight is 246 g/mol. The van der Waals surface area contributed by atoms with Crippen molar-refractivity contribution in [1.82, 2.24) is 4.90 Å². The second-order valence-corrected chi connectivity index (χ2v) is 5.18. The highest BCUT2D eigenvalue weighted by atomic mass is 16.1. The topological polar surface area (TPSA) is 23.6 Å². The third-order valence-electron chi connectivity index (χ3n) is 3.74. The van der Waals surface area contributed by atoms with Crippen molar-refractivity contribution in [3.8, 4) is 0 Å². The van der Waals surface area contributed by atoms with Crippen LogP contribution >= 0.6 is 0 Å². The van der Waals surface area contributed by atoms with E-state index in [2.05, 4.69) is 41.8 Å². The average Bonchev–Trinajstić information content (AvgIpc) is 2.33. The number of aryl methyl sites for hydroxylation is 1. The molecule has 1 aliphatic heterocycles. The minimum atomic E-state index is 0.259. The first-order valence-electron chi connectivity index (χ1n) is 6.61. The number of piperazine rings is 1. The van der Waals surface area contributed by atoms with Gasteiger partial charge in [-0.1, -0.05) is 12.1 Å². The van der Waals surface area contributed by atoms with Crippen LogP contribution in [0.4, 0.5) is 5.69 Å². The van der Waals surface area contributed by atoms with Crippen LogP contribution < -0.4 is 4.90 Å². The molecule has 0 N–H and O–H groups in total. The van der Waals surface area contributed by atoms with Gasteiger partial charge in [-0.3, -0.25) is 9.69 Å². The fourth-order valence-corrected chi connectivity index (χ4v) is 2.54. The molecular formula is C15H22N2O. The van der Waals surface area contributed by atoms with Crippen molar-refractivity contribution in [2.45, 2.75) is 20.8 Å². The van der Waals surface area contributed by atoms with Crippen molar-refractivity contribution in [1.29, 1.82) is 0 Å². The molecule has 0 bridgehead atoms. The minimum absolute atomic E-state index is 0.259. The number of nitrogens with zero attached hydrogens (tertiary/aromatic N) is 2. The van der Waals surface area contributed by atoms with Gasteiger partial charge in [0, 0.05) is 31.9 Å². The minimum Gasteiger partial charge on any atom is -0.369 e. The lowest BCUT2D eigenvalue weighted by atomic mass is 10.1. The van der Waals surface area contributed by atoms with Crippen molar-refractivity contribution in [3.05, 3.63) is 29.3 Å². The number of hydrogen-bond acceptors (Lipinski definition) is 3. The zero-order valence-electron chi connectivity index (χ0n) is 11.6. The quantitative estimate of drug-likeness (QED) is 0.815. The predicted octanol–water partition coefficient (Wildman–Crippen LogP) is 2.01. The Balaban J connectivity index is 2.01. The van der Waals surface area contributed by atoms with E-state index in [1.165, 1.54) is 16.8 Å². The second-order valence-electron chi connectivity index (χ2n) is 5.18. The Labute approximate surface area is 109 Å². The highest BCUT2D eigenvalue weighted by molar-refractivity contribution is 5.77. The summed E-state index contributed by atoms with van der Waals surface area (Å²) in [5.41, 5.74) is 4.06. The molecule has 1 aliphatic rings. The van der Waals surface area contributed by atoms with Gasteiger partial charge in [0.05, 0.1) is 6.54 Å². The maximum Gasteiger partial charge on any atom is 0.143 e. The fourth-order valence-electron chi connectivity index (χ4n) is 2.54. The van der Waals surface area contributed by atoms with E-state index in [0.717, 1.165) is 26.2 Å². The molecule has 1 fully saturated rings. The molecule has 0 amide bonds. The van der Waals surface area contributed by atoms with Crippen LogP contribution in [0.5, 0.6) is 0 Å². The van der Waals surface area contributed by atoms with Gasteiger partial charge in [0.1, 0.15) is 5.78 Å². The smallest absolute Gasteiger partial charge is 0.143 e. The first-order valence-corrected chi connectivity index (χ1v) is 6.61. The second kappa shape index (κ2) is 5.53. The SMILES string of the molecule is CC(=O)CN1CCN(c2cccc(C)c2C)CC1. The zero-order valence-corrected chi connectivity index (χ0v) is 11.6. The van der Waals surface area contributed by atoms with Crippen molar-refractivity contribution in [3.63, 3.8) is 0 Å². The summed E-state index contributed by atoms with van der Waals surface area (Å²) in [7, 11) is 0. The Morgan fingerprint density at radius 1 is 1.17 bits per heavy atom. The summed E-state index contributed by atoms with van der Waals surface area (Å²) < 4.78 is 0. The summed E-state index contributed by atoms with van der Waals surface area (Å²) in [5, 5.41) is 0. The van der Waals surface area contributed by atoms with E-state index >= 15 is 0 Å². The molecule has 98 valence electrons. The molecule has 0 aromatic heterocycles. The van der Waals surface area contributed by atoms with Gasteiger partial charge in [0.15, 0.2) is 0 Å². The highest BCUT2D eigenvalue weighted by Gasteiger charge is 2.19. The highest BCUT2D eigenvalue weighted by Crippen LogP contribution is 2.23. The van der Waals surface area contributed by atoms with Gasteiger partial charge in [-0.15, -0.1) is 0 Å². The predicted molar refractivity (Wildman–Crippen MR) is 75.3 cm³/mol. The summed E-state index contributed by atoms with van der Waals surface area (Å²) in [6.07, 6.45) is 0. The van der Waals surface area contributed by atoms with E-state index < -0.39 is 0 Å². The molecule has 3 nitrogen and oxygen atoms in total. The largest absolute Gasteiger partial charge is 0.369 e. The van der Waals surface area contributed by atoms with Crippen molar-refractivity contribution in [2.24, 2.45) is 0 Å². The van der Waals surface area contributed by atoms with Crippen LogP contribution in [0.2, 0.25) is 0 Å². The number of hydrogen-bond donors (Lipinski definition) is 0. The molecule has 2 rings (SSSR count). The standard InChI is InChI=1S/C15H22N2O/c1-12-5-4-6-15(14(12)3)17-9-7-16(8-10-17)11-13(2)18/h4-6H,7-11H2,1-3H3. The van der Waals surface area contributed by atoms with Crippen LogP contribution in [0, 0.1) is 13.8 Å². The monoisotopic (exact) mass is 246 g/mol. The summed E-state index contributed by atoms with van der Waals surface area (Å²) in [6.45, 7) is 10.6. The lowest BCUT2D eigenvalue weighted by molar-refractivity contribution is -0.118. The number of anilines is 1. The Morgan fingerprint density at radius 2 is 1.83 bits per heavy atom. The van der Waals surface area contributed by atoms with Gasteiger partial charge in [0.25, 0.3) is 0 Å². The summed E-state index contributed by atoms with van der Waals surface area (Å²) >= 11 is 0. The molecule has 0 atom stereocenters. The van der Waals surface area contributed by atoms with Crippen LogP contribution in [0.3, 0.4) is 0 Å².